The van der Waals surface area contributed by atoms with Crippen LogP contribution in [-0.4, -0.2) is 0 Å². The van der Waals surface area contributed by atoms with E-state index >= 15 is 0 Å². The molecule has 0 amide bonds. The summed E-state index contributed by atoms with van der Waals surface area (Å²) in [6, 6.07) is 22.0. The molecule has 1 heteroatoms. The first-order valence-corrected chi connectivity index (χ1v) is 12.1. The predicted molar refractivity (Wildman–Crippen MR) is 130 cm³/mol. The molecule has 2 aliphatic carbocycles. The summed E-state index contributed by atoms with van der Waals surface area (Å²) in [5.41, 5.74) is 8.02. The van der Waals surface area contributed by atoms with Crippen LogP contribution < -0.4 is 4.57 Å². The summed E-state index contributed by atoms with van der Waals surface area (Å²) >= 11 is 0. The first-order valence-electron chi connectivity index (χ1n) is 12.6. The van der Waals surface area contributed by atoms with Crippen LogP contribution in [-0.2, 0) is 7.05 Å². The lowest BCUT2D eigenvalue weighted by Gasteiger charge is -2.43. The van der Waals surface area contributed by atoms with Crippen LogP contribution in [0.4, 0.5) is 0 Å². The average Bonchev–Trinajstić information content (AvgIpc) is 2.83. The predicted octanol–water partition coefficient (Wildman–Crippen LogP) is 7.76. The summed E-state index contributed by atoms with van der Waals surface area (Å²) < 4.78 is 11.4. The van der Waals surface area contributed by atoms with Gasteiger partial charge >= 0.3 is 0 Å². The molecule has 5 rings (SSSR count). The molecule has 2 aliphatic rings. The van der Waals surface area contributed by atoms with E-state index < -0.39 is 5.89 Å². The fourth-order valence-corrected chi connectivity index (χ4v) is 5.95. The van der Waals surface area contributed by atoms with Gasteiger partial charge in [-0.05, 0) is 85.1 Å². The van der Waals surface area contributed by atoms with Crippen LogP contribution >= 0.6 is 0 Å². The zero-order valence-electron chi connectivity index (χ0n) is 20.2. The average molecular weight is 412 g/mol. The first-order chi connectivity index (χ1) is 15.5. The van der Waals surface area contributed by atoms with Crippen molar-refractivity contribution in [2.75, 3.05) is 0 Å². The minimum Gasteiger partial charge on any atom is -0.201 e. The van der Waals surface area contributed by atoms with Crippen molar-refractivity contribution in [2.24, 2.45) is 12.5 Å². The molecule has 2 saturated carbocycles. The maximum absolute atomic E-state index is 9.23. The largest absolute Gasteiger partial charge is 0.213 e. The van der Waals surface area contributed by atoms with Crippen LogP contribution in [0.15, 0.2) is 66.9 Å². The summed E-state index contributed by atoms with van der Waals surface area (Å²) in [6.45, 7) is 2.17. The van der Waals surface area contributed by atoms with E-state index in [0.29, 0.717) is 5.41 Å². The highest BCUT2D eigenvalue weighted by Crippen LogP contribution is 2.51. The Labute approximate surface area is 189 Å². The van der Waals surface area contributed by atoms with Crippen LogP contribution in [0, 0.1) is 12.3 Å². The maximum Gasteiger partial charge on any atom is 0.213 e. The molecule has 2 fully saturated rings. The van der Waals surface area contributed by atoms with Crippen molar-refractivity contribution in [3.63, 3.8) is 0 Å². The molecule has 0 saturated heterocycles. The molecule has 1 heterocycles. The number of benzene rings is 2. The van der Waals surface area contributed by atoms with Gasteiger partial charge in [0.15, 0.2) is 6.20 Å². The van der Waals surface area contributed by atoms with Crippen LogP contribution in [0.3, 0.4) is 0 Å². The SMILES string of the molecule is [2H]C1(c2ccc(-c3cc[n+](C)c(-c4ccccc4C)c3)cc2)CCC2(CCCCC2)CC1. The van der Waals surface area contributed by atoms with Crippen molar-refractivity contribution in [1.82, 2.24) is 0 Å². The van der Waals surface area contributed by atoms with Gasteiger partial charge in [0.25, 0.3) is 0 Å². The lowest BCUT2D eigenvalue weighted by atomic mass is 9.62. The third-order valence-corrected chi connectivity index (χ3v) is 8.03. The number of hydrogen-bond donors (Lipinski definition) is 0. The molecule has 1 aromatic heterocycles. The van der Waals surface area contributed by atoms with Gasteiger partial charge in [-0.2, -0.15) is 0 Å². The Kier molecular flexibility index (Phi) is 5.36. The van der Waals surface area contributed by atoms with Crippen molar-refractivity contribution in [2.45, 2.75) is 70.6 Å². The topological polar surface area (TPSA) is 3.88 Å². The zero-order valence-corrected chi connectivity index (χ0v) is 19.2. The van der Waals surface area contributed by atoms with Gasteiger partial charge in [-0.25, -0.2) is 4.57 Å². The second kappa shape index (κ2) is 8.61. The molecule has 0 radical (unpaired) electrons. The number of hydrogen-bond acceptors (Lipinski definition) is 0. The number of nitrogens with zero attached hydrogens (tertiary/aromatic N) is 1. The van der Waals surface area contributed by atoms with E-state index in [9.17, 15) is 1.37 Å². The Bertz CT molecular complexity index is 1080. The molecule has 0 unspecified atom stereocenters. The van der Waals surface area contributed by atoms with Crippen molar-refractivity contribution < 1.29 is 5.94 Å². The zero-order chi connectivity index (χ0) is 22.2. The highest BCUT2D eigenvalue weighted by molar-refractivity contribution is 5.70. The number of aromatic nitrogens is 1. The minimum atomic E-state index is -0.406. The Morgan fingerprint density at radius 1 is 0.839 bits per heavy atom. The molecule has 0 N–H and O–H groups in total. The molecule has 3 aromatic rings. The minimum absolute atomic E-state index is 0.406. The summed E-state index contributed by atoms with van der Waals surface area (Å²) in [5, 5.41) is 0. The summed E-state index contributed by atoms with van der Waals surface area (Å²) in [6.07, 6.45) is 13.7. The molecule has 1 spiro atoms. The van der Waals surface area contributed by atoms with Gasteiger partial charge < -0.3 is 0 Å². The molecular formula is C30H36N+. The normalized spacial score (nSPS) is 20.4. The summed E-state index contributed by atoms with van der Waals surface area (Å²) in [7, 11) is 2.11. The van der Waals surface area contributed by atoms with E-state index in [1.807, 2.05) is 0 Å². The lowest BCUT2D eigenvalue weighted by molar-refractivity contribution is -0.660. The highest BCUT2D eigenvalue weighted by Gasteiger charge is 2.36. The Balaban J connectivity index is 1.37. The second-order valence-corrected chi connectivity index (χ2v) is 9.97. The second-order valence-electron chi connectivity index (χ2n) is 9.97. The molecule has 160 valence electrons. The van der Waals surface area contributed by atoms with E-state index in [1.54, 1.807) is 0 Å². The van der Waals surface area contributed by atoms with E-state index in [2.05, 4.69) is 85.4 Å². The Morgan fingerprint density at radius 2 is 1.55 bits per heavy atom. The van der Waals surface area contributed by atoms with Crippen molar-refractivity contribution in [1.29, 1.82) is 0 Å². The van der Waals surface area contributed by atoms with Crippen molar-refractivity contribution in [3.8, 4) is 22.4 Å². The lowest BCUT2D eigenvalue weighted by Crippen LogP contribution is -2.30. The number of aryl methyl sites for hydroxylation is 2. The third-order valence-electron chi connectivity index (χ3n) is 8.03. The van der Waals surface area contributed by atoms with Gasteiger partial charge in [-0.1, -0.05) is 61.7 Å². The molecular weight excluding hydrogens is 374 g/mol. The summed E-state index contributed by atoms with van der Waals surface area (Å²) in [4.78, 5) is 0. The fourth-order valence-electron chi connectivity index (χ4n) is 5.95. The van der Waals surface area contributed by atoms with Gasteiger partial charge in [-0.15, -0.1) is 0 Å². The van der Waals surface area contributed by atoms with Gasteiger partial charge in [-0.3, -0.25) is 0 Å². The third kappa shape index (κ3) is 4.20. The molecule has 1 nitrogen and oxygen atoms in total. The van der Waals surface area contributed by atoms with Crippen molar-refractivity contribution >= 4 is 0 Å². The van der Waals surface area contributed by atoms with Crippen molar-refractivity contribution in [3.05, 3.63) is 78.0 Å². The van der Waals surface area contributed by atoms with E-state index in [0.717, 1.165) is 12.8 Å². The van der Waals surface area contributed by atoms with Crippen LogP contribution in [0.2, 0.25) is 0 Å². The molecule has 31 heavy (non-hydrogen) atoms. The van der Waals surface area contributed by atoms with E-state index in [-0.39, 0.29) is 0 Å². The molecule has 0 atom stereocenters. The van der Waals surface area contributed by atoms with E-state index in [4.69, 9.17) is 0 Å². The standard InChI is InChI=1S/C30H36N/c1-23-8-4-5-9-28(23)29-22-27(16-21-31(29)2)25-12-10-24(11-13-25)26-14-19-30(20-15-26)17-6-3-7-18-30/h4-5,8-13,16,21-22,26H,3,6-7,14-15,17-20H2,1-2H3/q+1/i26D. The highest BCUT2D eigenvalue weighted by atomic mass is 14.9. The maximum atomic E-state index is 9.23. The van der Waals surface area contributed by atoms with Gasteiger partial charge in [0.1, 0.15) is 7.05 Å². The van der Waals surface area contributed by atoms with E-state index in [1.165, 1.54) is 78.5 Å². The summed E-state index contributed by atoms with van der Waals surface area (Å²) in [5.74, 6) is -0.406. The van der Waals surface area contributed by atoms with Gasteiger partial charge in [0.05, 0.1) is 0 Å². The van der Waals surface area contributed by atoms with Crippen LogP contribution in [0.1, 0.15) is 76.2 Å². The molecule has 0 bridgehead atoms. The Morgan fingerprint density at radius 3 is 2.26 bits per heavy atom. The van der Waals surface area contributed by atoms with Gasteiger partial charge in [0.2, 0.25) is 5.69 Å². The number of rotatable bonds is 3. The molecule has 2 aromatic carbocycles. The van der Waals surface area contributed by atoms with Gasteiger partial charge in [0, 0.05) is 19.1 Å². The Hall–Kier alpha value is -2.41. The number of pyridine rings is 1. The van der Waals surface area contributed by atoms with Crippen LogP contribution in [0.5, 0.6) is 0 Å². The van der Waals surface area contributed by atoms with Crippen LogP contribution in [0.25, 0.3) is 22.4 Å². The molecule has 0 aliphatic heterocycles. The first kappa shape index (κ1) is 19.3. The fraction of sp³-hybridized carbons (Fsp3) is 0.433. The monoisotopic (exact) mass is 411 g/mol. The quantitative estimate of drug-likeness (QED) is 0.388. The smallest absolute Gasteiger partial charge is 0.201 e.